The summed E-state index contributed by atoms with van der Waals surface area (Å²) in [6.45, 7) is 2.79. The number of pyridine rings is 2. The van der Waals surface area contributed by atoms with Crippen molar-refractivity contribution in [3.05, 3.63) is 46.6 Å². The first-order chi connectivity index (χ1) is 14.0. The summed E-state index contributed by atoms with van der Waals surface area (Å²) in [5, 5.41) is 5.92. The molecule has 0 fully saturated rings. The number of carbonyl (C=O) groups excluding carboxylic acids is 1. The monoisotopic (exact) mass is 437 g/mol. The third-order valence-electron chi connectivity index (χ3n) is 3.93. The number of amides is 1. The fourth-order valence-electron chi connectivity index (χ4n) is 2.51. The van der Waals surface area contributed by atoms with Crippen LogP contribution >= 0.6 is 0 Å². The fourth-order valence-corrected chi connectivity index (χ4v) is 3.91. The number of nitrogen functional groups attached to an aromatic ring is 1. The van der Waals surface area contributed by atoms with Crippen LogP contribution in [0.1, 0.15) is 12.6 Å². The number of hydrogen-bond donors (Lipinski definition) is 4. The highest BCUT2D eigenvalue weighted by Crippen LogP contribution is 2.22. The molecule has 2 aromatic heterocycles. The lowest BCUT2D eigenvalue weighted by molar-refractivity contribution is -0.122. The number of aromatic nitrogens is 2. The number of guanidine groups is 1. The van der Waals surface area contributed by atoms with Crippen molar-refractivity contribution in [2.45, 2.75) is 36.3 Å². The van der Waals surface area contributed by atoms with E-state index in [0.29, 0.717) is 5.69 Å². The summed E-state index contributed by atoms with van der Waals surface area (Å²) in [4.78, 5) is 33.1. The standard InChI is InChI=1S/C17H23N7O5S/c1-10-6-13(18)15(30(27,28)12-4-3-5-21-8-12)16(26)24(10)9-14(25)22-7-11(2)29-23-17(19)20/h3-6,8,11H,7,9,18H2,1-2H3,(H,22,25)(H4,19,20,23). The first kappa shape index (κ1) is 22.7. The molecule has 0 spiro atoms. The second-order valence-electron chi connectivity index (χ2n) is 6.39. The fraction of sp³-hybridized carbons (Fsp3) is 0.294. The molecule has 30 heavy (non-hydrogen) atoms. The highest BCUT2D eigenvalue weighted by atomic mass is 32.2. The Balaban J connectivity index is 2.28. The summed E-state index contributed by atoms with van der Waals surface area (Å²) in [5.41, 5.74) is 15.3. The summed E-state index contributed by atoms with van der Waals surface area (Å²) < 4.78 is 26.8. The number of carbonyl (C=O) groups is 1. The summed E-state index contributed by atoms with van der Waals surface area (Å²) >= 11 is 0. The minimum Gasteiger partial charge on any atom is -0.397 e. The number of nitrogens with zero attached hydrogens (tertiary/aromatic N) is 3. The summed E-state index contributed by atoms with van der Waals surface area (Å²) in [7, 11) is -4.23. The smallest absolute Gasteiger partial charge is 0.272 e. The molecule has 0 aromatic carbocycles. The minimum atomic E-state index is -4.23. The Morgan fingerprint density at radius 2 is 2.10 bits per heavy atom. The third-order valence-corrected chi connectivity index (χ3v) is 5.74. The van der Waals surface area contributed by atoms with E-state index in [1.807, 2.05) is 0 Å². The lowest BCUT2D eigenvalue weighted by Gasteiger charge is -2.15. The number of sulfone groups is 1. The molecule has 162 valence electrons. The predicted octanol–water partition coefficient (Wildman–Crippen LogP) is -1.32. The molecule has 0 radical (unpaired) electrons. The van der Waals surface area contributed by atoms with Gasteiger partial charge in [0.25, 0.3) is 5.56 Å². The van der Waals surface area contributed by atoms with Crippen LogP contribution in [-0.2, 0) is 26.0 Å². The van der Waals surface area contributed by atoms with Crippen LogP contribution in [0.5, 0.6) is 0 Å². The van der Waals surface area contributed by atoms with Crippen LogP contribution in [0, 0.1) is 6.92 Å². The van der Waals surface area contributed by atoms with Crippen LogP contribution < -0.4 is 28.1 Å². The lowest BCUT2D eigenvalue weighted by Crippen LogP contribution is -2.38. The normalized spacial score (nSPS) is 12.1. The highest BCUT2D eigenvalue weighted by Gasteiger charge is 2.27. The van der Waals surface area contributed by atoms with Crippen molar-refractivity contribution in [1.82, 2.24) is 14.9 Å². The molecule has 2 heterocycles. The number of aryl methyl sites for hydroxylation is 1. The summed E-state index contributed by atoms with van der Waals surface area (Å²) in [6.07, 6.45) is 1.98. The van der Waals surface area contributed by atoms with Gasteiger partial charge in [0.2, 0.25) is 21.7 Å². The largest absolute Gasteiger partial charge is 0.397 e. The van der Waals surface area contributed by atoms with Gasteiger partial charge in [-0.2, -0.15) is 0 Å². The maximum Gasteiger partial charge on any atom is 0.272 e. The van der Waals surface area contributed by atoms with Gasteiger partial charge in [0.1, 0.15) is 12.6 Å². The maximum absolute atomic E-state index is 12.9. The Hall–Kier alpha value is -3.61. The van der Waals surface area contributed by atoms with Crippen LogP contribution in [0.2, 0.25) is 0 Å². The number of oxime groups is 1. The van der Waals surface area contributed by atoms with Gasteiger partial charge in [-0.15, -0.1) is 0 Å². The SMILES string of the molecule is Cc1cc(N)c(S(=O)(=O)c2cccnc2)c(=O)n1CC(=O)NCC(C)ON=C(N)N. The highest BCUT2D eigenvalue weighted by molar-refractivity contribution is 7.91. The first-order valence-corrected chi connectivity index (χ1v) is 10.2. The third kappa shape index (κ3) is 5.26. The van der Waals surface area contributed by atoms with Crippen LogP contribution in [0.15, 0.2) is 50.3 Å². The second-order valence-corrected chi connectivity index (χ2v) is 8.28. The van der Waals surface area contributed by atoms with Gasteiger partial charge in [0.15, 0.2) is 4.90 Å². The van der Waals surface area contributed by atoms with Gasteiger partial charge in [-0.25, -0.2) is 8.42 Å². The van der Waals surface area contributed by atoms with Crippen molar-refractivity contribution in [1.29, 1.82) is 0 Å². The Kier molecular flexibility index (Phi) is 7.00. The molecule has 0 aliphatic heterocycles. The average Bonchev–Trinajstić information content (AvgIpc) is 2.68. The molecule has 1 unspecified atom stereocenters. The van der Waals surface area contributed by atoms with E-state index in [-0.39, 0.29) is 23.1 Å². The van der Waals surface area contributed by atoms with E-state index in [1.165, 1.54) is 31.3 Å². The minimum absolute atomic E-state index is 0.0548. The number of nitrogens with one attached hydrogen (secondary N) is 1. The number of rotatable bonds is 8. The Labute approximate surface area is 172 Å². The first-order valence-electron chi connectivity index (χ1n) is 8.70. The van der Waals surface area contributed by atoms with E-state index in [1.54, 1.807) is 6.92 Å². The summed E-state index contributed by atoms with van der Waals surface area (Å²) in [6, 6.07) is 4.05. The Morgan fingerprint density at radius 3 is 2.70 bits per heavy atom. The van der Waals surface area contributed by atoms with Crippen molar-refractivity contribution in [3.63, 3.8) is 0 Å². The van der Waals surface area contributed by atoms with Gasteiger partial charge >= 0.3 is 0 Å². The molecule has 1 atom stereocenters. The number of hydrogen-bond acceptors (Lipinski definition) is 8. The average molecular weight is 437 g/mol. The van der Waals surface area contributed by atoms with Crippen molar-refractivity contribution in [2.24, 2.45) is 16.6 Å². The zero-order chi connectivity index (χ0) is 22.5. The van der Waals surface area contributed by atoms with Crippen LogP contribution in [-0.4, -0.2) is 42.5 Å². The van der Waals surface area contributed by atoms with Crippen molar-refractivity contribution in [3.8, 4) is 0 Å². The van der Waals surface area contributed by atoms with Crippen LogP contribution in [0.4, 0.5) is 5.69 Å². The molecule has 0 aliphatic carbocycles. The number of nitrogens with two attached hydrogens (primary N) is 3. The van der Waals surface area contributed by atoms with Gasteiger partial charge in [-0.1, -0.05) is 0 Å². The topological polar surface area (TPSA) is 198 Å². The molecule has 0 saturated carbocycles. The Morgan fingerprint density at radius 1 is 1.40 bits per heavy atom. The van der Waals surface area contributed by atoms with Crippen LogP contribution in [0.3, 0.4) is 0 Å². The van der Waals surface area contributed by atoms with E-state index in [9.17, 15) is 18.0 Å². The molecule has 0 aliphatic rings. The predicted molar refractivity (Wildman–Crippen MR) is 109 cm³/mol. The molecule has 2 rings (SSSR count). The van der Waals surface area contributed by atoms with Gasteiger partial charge in [0.05, 0.1) is 17.1 Å². The molecule has 13 heteroatoms. The molecule has 2 aromatic rings. The van der Waals surface area contributed by atoms with E-state index in [0.717, 1.165) is 10.8 Å². The lowest BCUT2D eigenvalue weighted by atomic mass is 10.3. The van der Waals surface area contributed by atoms with E-state index in [2.05, 4.69) is 15.5 Å². The van der Waals surface area contributed by atoms with Gasteiger partial charge in [-0.3, -0.25) is 14.6 Å². The van der Waals surface area contributed by atoms with Gasteiger partial charge in [-0.05, 0) is 37.2 Å². The number of anilines is 1. The maximum atomic E-state index is 12.9. The van der Waals surface area contributed by atoms with Crippen LogP contribution in [0.25, 0.3) is 0 Å². The van der Waals surface area contributed by atoms with Crippen molar-refractivity contribution < 1.29 is 18.0 Å². The van der Waals surface area contributed by atoms with Crippen molar-refractivity contribution >= 4 is 27.4 Å². The van der Waals surface area contributed by atoms with Gasteiger partial charge < -0.3 is 31.9 Å². The molecule has 12 nitrogen and oxygen atoms in total. The second kappa shape index (κ2) is 9.26. The molecular formula is C17H23N7O5S. The molecule has 0 saturated heterocycles. The molecule has 0 bridgehead atoms. The Bertz CT molecular complexity index is 1110. The van der Waals surface area contributed by atoms with E-state index < -0.39 is 38.8 Å². The molecule has 7 N–H and O–H groups in total. The zero-order valence-corrected chi connectivity index (χ0v) is 17.2. The molecular weight excluding hydrogens is 414 g/mol. The van der Waals surface area contributed by atoms with Gasteiger partial charge in [0, 0.05) is 18.1 Å². The van der Waals surface area contributed by atoms with Crippen molar-refractivity contribution in [2.75, 3.05) is 12.3 Å². The van der Waals surface area contributed by atoms with E-state index >= 15 is 0 Å². The van der Waals surface area contributed by atoms with E-state index in [4.69, 9.17) is 22.0 Å². The quantitative estimate of drug-likeness (QED) is 0.220. The zero-order valence-electron chi connectivity index (χ0n) is 16.4. The summed E-state index contributed by atoms with van der Waals surface area (Å²) in [5.74, 6) is -0.811. The molecule has 1 amide bonds.